The van der Waals surface area contributed by atoms with Crippen molar-refractivity contribution < 1.29 is 13.3 Å². The van der Waals surface area contributed by atoms with Crippen molar-refractivity contribution in [3.05, 3.63) is 32.6 Å². The molecule has 0 saturated carbocycles. The number of unbranched alkanes of at least 4 members (excludes halogenated alkanes) is 8. The van der Waals surface area contributed by atoms with Gasteiger partial charge in [0, 0.05) is 44.2 Å². The van der Waals surface area contributed by atoms with Crippen molar-refractivity contribution in [3.63, 3.8) is 0 Å². The van der Waals surface area contributed by atoms with E-state index in [9.17, 15) is 9.59 Å². The Bertz CT molecular complexity index is 672. The fraction of sp³-hybridized carbons (Fsp3) is 0.818. The maximum Gasteiger partial charge on any atom is 0.500 e. The lowest BCUT2D eigenvalue weighted by Crippen LogP contribution is -2.45. The van der Waals surface area contributed by atoms with E-state index in [-0.39, 0.29) is 11.2 Å². The minimum atomic E-state index is -2.47. The monoisotopic (exact) mass is 442 g/mol. The van der Waals surface area contributed by atoms with Gasteiger partial charge in [-0.3, -0.25) is 9.78 Å². The maximum atomic E-state index is 11.7. The van der Waals surface area contributed by atoms with Crippen LogP contribution in [0.5, 0.6) is 0 Å². The predicted octanol–water partition coefficient (Wildman–Crippen LogP) is 4.40. The summed E-state index contributed by atoms with van der Waals surface area (Å²) in [7, 11) is -2.47. The Morgan fingerprint density at radius 3 is 1.77 bits per heavy atom. The summed E-state index contributed by atoms with van der Waals surface area (Å²) in [6.45, 7) is 10.3. The molecule has 1 aromatic heterocycles. The van der Waals surface area contributed by atoms with Gasteiger partial charge in [-0.1, -0.05) is 44.9 Å². The van der Waals surface area contributed by atoms with Crippen molar-refractivity contribution in [2.45, 2.75) is 98.1 Å². The van der Waals surface area contributed by atoms with Gasteiger partial charge in [-0.25, -0.2) is 4.79 Å². The lowest BCUT2D eigenvalue weighted by Gasteiger charge is -2.28. The molecule has 0 amide bonds. The van der Waals surface area contributed by atoms with Gasteiger partial charge >= 0.3 is 14.5 Å². The zero-order valence-electron chi connectivity index (χ0n) is 19.5. The highest BCUT2D eigenvalue weighted by molar-refractivity contribution is 6.60. The lowest BCUT2D eigenvalue weighted by atomic mass is 10.1. The number of hydrogen-bond donors (Lipinski definition) is 1. The Hall–Kier alpha value is -1.22. The Morgan fingerprint density at radius 1 is 0.800 bits per heavy atom. The van der Waals surface area contributed by atoms with Crippen molar-refractivity contribution in [1.29, 1.82) is 0 Å². The lowest BCUT2D eigenvalue weighted by molar-refractivity contribution is 0.0706. The minimum Gasteiger partial charge on any atom is -0.374 e. The second-order valence-corrected chi connectivity index (χ2v) is 10.4. The zero-order chi connectivity index (χ0) is 22.2. The first-order valence-corrected chi connectivity index (χ1v) is 13.6. The molecule has 1 rings (SSSR count). The van der Waals surface area contributed by atoms with Crippen LogP contribution in [0.25, 0.3) is 0 Å². The highest BCUT2D eigenvalue weighted by atomic mass is 28.4. The number of aromatic amines is 1. The maximum absolute atomic E-state index is 11.7. The van der Waals surface area contributed by atoms with Gasteiger partial charge in [0.05, 0.1) is 0 Å². The number of rotatable bonds is 18. The highest BCUT2D eigenvalue weighted by Gasteiger charge is 2.39. The van der Waals surface area contributed by atoms with Crippen LogP contribution in [0.4, 0.5) is 0 Å². The molecule has 0 radical (unpaired) electrons. The van der Waals surface area contributed by atoms with Gasteiger partial charge in [-0.05, 0) is 40.5 Å². The Balaban J connectivity index is 2.10. The van der Waals surface area contributed by atoms with Gasteiger partial charge < -0.3 is 17.8 Å². The summed E-state index contributed by atoms with van der Waals surface area (Å²) in [5.41, 5.74) is -0.0214. The summed E-state index contributed by atoms with van der Waals surface area (Å²) in [6, 6.07) is 0.909. The molecule has 30 heavy (non-hydrogen) atoms. The molecule has 0 atom stereocenters. The molecule has 8 heteroatoms. The van der Waals surface area contributed by atoms with E-state index >= 15 is 0 Å². The molecular weight excluding hydrogens is 400 g/mol. The zero-order valence-corrected chi connectivity index (χ0v) is 20.5. The van der Waals surface area contributed by atoms with E-state index in [1.807, 2.05) is 20.8 Å². The van der Waals surface area contributed by atoms with Crippen LogP contribution in [-0.2, 0) is 19.8 Å². The molecule has 7 nitrogen and oxygen atoms in total. The molecule has 0 spiro atoms. The van der Waals surface area contributed by atoms with Crippen LogP contribution < -0.4 is 11.2 Å². The second kappa shape index (κ2) is 15.6. The van der Waals surface area contributed by atoms with Gasteiger partial charge in [-0.2, -0.15) is 0 Å². The number of hydrogen-bond acceptors (Lipinski definition) is 5. The van der Waals surface area contributed by atoms with Gasteiger partial charge in [0.1, 0.15) is 0 Å². The molecule has 0 aliphatic heterocycles. The normalized spacial score (nSPS) is 11.9. The van der Waals surface area contributed by atoms with Gasteiger partial charge in [0.25, 0.3) is 5.56 Å². The topological polar surface area (TPSA) is 82.6 Å². The number of H-pyrrole nitrogens is 1. The van der Waals surface area contributed by atoms with Crippen molar-refractivity contribution >= 4 is 8.80 Å². The third-order valence-electron chi connectivity index (χ3n) is 5.16. The molecule has 1 heterocycles. The molecule has 0 saturated heterocycles. The molecular formula is C22H42N2O5Si. The molecule has 1 N–H and O–H groups in total. The van der Waals surface area contributed by atoms with Crippen LogP contribution >= 0.6 is 0 Å². The number of nitrogens with one attached hydrogen (secondary N) is 1. The molecule has 174 valence electrons. The predicted molar refractivity (Wildman–Crippen MR) is 123 cm³/mol. The van der Waals surface area contributed by atoms with E-state index in [1.54, 1.807) is 17.7 Å². The van der Waals surface area contributed by atoms with E-state index < -0.39 is 8.80 Å². The molecule has 0 fully saturated rings. The Morgan fingerprint density at radius 2 is 1.27 bits per heavy atom. The van der Waals surface area contributed by atoms with Crippen molar-refractivity contribution in [2.75, 3.05) is 19.8 Å². The SMILES string of the molecule is CCO[Si](CCCCCCCCCCCn1cc(C)c(=O)[nH]c1=O)(OCC)OCC. The molecule has 0 aliphatic carbocycles. The van der Waals surface area contributed by atoms with Crippen LogP contribution in [0.2, 0.25) is 6.04 Å². The van der Waals surface area contributed by atoms with Crippen molar-refractivity contribution in [3.8, 4) is 0 Å². The van der Waals surface area contributed by atoms with Crippen LogP contribution in [0.1, 0.15) is 84.1 Å². The fourth-order valence-corrected chi connectivity index (χ4v) is 6.33. The first kappa shape index (κ1) is 26.8. The fourth-order valence-electron chi connectivity index (χ4n) is 3.65. The third kappa shape index (κ3) is 10.2. The third-order valence-corrected chi connectivity index (χ3v) is 8.32. The van der Waals surface area contributed by atoms with E-state index in [0.717, 1.165) is 25.3 Å². The number of aromatic nitrogens is 2. The summed E-state index contributed by atoms with van der Waals surface area (Å²) < 4.78 is 19.3. The Labute approximate surface area is 182 Å². The van der Waals surface area contributed by atoms with E-state index in [2.05, 4.69) is 4.98 Å². The van der Waals surface area contributed by atoms with Crippen LogP contribution in [0.15, 0.2) is 15.8 Å². The summed E-state index contributed by atoms with van der Waals surface area (Å²) in [5, 5.41) is 0. The molecule has 0 unspecified atom stereocenters. The van der Waals surface area contributed by atoms with Gasteiger partial charge in [0.2, 0.25) is 0 Å². The number of aryl methyl sites for hydroxylation is 2. The van der Waals surface area contributed by atoms with E-state index in [1.165, 1.54) is 38.5 Å². The first-order valence-electron chi connectivity index (χ1n) is 11.7. The quantitative estimate of drug-likeness (QED) is 0.269. The van der Waals surface area contributed by atoms with E-state index in [0.29, 0.717) is 31.9 Å². The summed E-state index contributed by atoms with van der Waals surface area (Å²) in [4.78, 5) is 25.5. The molecule has 0 aliphatic rings. The van der Waals surface area contributed by atoms with Crippen LogP contribution in [0.3, 0.4) is 0 Å². The smallest absolute Gasteiger partial charge is 0.374 e. The second-order valence-electron chi connectivity index (χ2n) is 7.68. The van der Waals surface area contributed by atoms with Gasteiger partial charge in [-0.15, -0.1) is 0 Å². The van der Waals surface area contributed by atoms with Crippen molar-refractivity contribution in [2.24, 2.45) is 0 Å². The number of nitrogens with zero attached hydrogens (tertiary/aromatic N) is 1. The summed E-state index contributed by atoms with van der Waals surface area (Å²) >= 11 is 0. The first-order chi connectivity index (χ1) is 14.5. The molecule has 0 aromatic carbocycles. The van der Waals surface area contributed by atoms with Crippen LogP contribution in [-0.4, -0.2) is 38.2 Å². The van der Waals surface area contributed by atoms with Crippen LogP contribution in [0, 0.1) is 6.92 Å². The van der Waals surface area contributed by atoms with Gasteiger partial charge in [0.15, 0.2) is 0 Å². The highest BCUT2D eigenvalue weighted by Crippen LogP contribution is 2.21. The standard InChI is InChI=1S/C22H42N2O5Si/c1-5-27-30(28-6-2,29-7-3)18-16-14-12-10-8-9-11-13-15-17-24-19-20(4)21(25)23-22(24)26/h19H,5-18H2,1-4H3,(H,23,25,26). The molecule has 0 bridgehead atoms. The average Bonchev–Trinajstić information content (AvgIpc) is 2.70. The van der Waals surface area contributed by atoms with Crippen molar-refractivity contribution in [1.82, 2.24) is 9.55 Å². The summed E-state index contributed by atoms with van der Waals surface area (Å²) in [6.07, 6.45) is 12.2. The molecule has 1 aromatic rings. The largest absolute Gasteiger partial charge is 0.500 e. The average molecular weight is 443 g/mol. The van der Waals surface area contributed by atoms with E-state index in [4.69, 9.17) is 13.3 Å². The minimum absolute atomic E-state index is 0.294. The summed E-state index contributed by atoms with van der Waals surface area (Å²) in [5.74, 6) is 0. The Kier molecular flexibility index (Phi) is 13.9.